The van der Waals surface area contributed by atoms with Crippen molar-refractivity contribution < 1.29 is 24.5 Å². The van der Waals surface area contributed by atoms with Crippen LogP contribution < -0.4 is 0 Å². The molecule has 2 aliphatic carbocycles. The summed E-state index contributed by atoms with van der Waals surface area (Å²) in [7, 11) is 0. The van der Waals surface area contributed by atoms with Crippen LogP contribution in [0.4, 0.5) is 0 Å². The zero-order chi connectivity index (χ0) is 14.3. The Morgan fingerprint density at radius 2 is 2.20 bits per heavy atom. The third-order valence-electron chi connectivity index (χ3n) is 6.35. The van der Waals surface area contributed by atoms with Gasteiger partial charge in [-0.2, -0.15) is 0 Å². The van der Waals surface area contributed by atoms with Crippen LogP contribution in [0, 0.1) is 10.8 Å². The number of fused-ring (bicyclic) bond motifs is 2. The van der Waals surface area contributed by atoms with Crippen LogP contribution in [-0.2, 0) is 14.3 Å². The molecule has 2 bridgehead atoms. The zero-order valence-corrected chi connectivity index (χ0v) is 11.8. The van der Waals surface area contributed by atoms with Gasteiger partial charge in [-0.25, -0.2) is 0 Å². The molecule has 0 radical (unpaired) electrons. The maximum absolute atomic E-state index is 12.2. The van der Waals surface area contributed by atoms with Crippen LogP contribution in [0.15, 0.2) is 11.6 Å². The van der Waals surface area contributed by atoms with Gasteiger partial charge >= 0.3 is 0 Å². The lowest BCUT2D eigenvalue weighted by atomic mass is 9.52. The van der Waals surface area contributed by atoms with E-state index < -0.39 is 22.5 Å². The van der Waals surface area contributed by atoms with E-state index in [2.05, 4.69) is 0 Å². The third-order valence-corrected chi connectivity index (χ3v) is 6.35. The molecule has 1 saturated carbocycles. The Morgan fingerprint density at radius 1 is 1.50 bits per heavy atom. The molecule has 0 aromatic rings. The van der Waals surface area contributed by atoms with E-state index in [1.165, 1.54) is 0 Å². The first kappa shape index (κ1) is 13.0. The van der Waals surface area contributed by atoms with E-state index in [-0.39, 0.29) is 31.0 Å². The summed E-state index contributed by atoms with van der Waals surface area (Å²) < 4.78 is 11.8. The molecular formula is C15H20O5. The molecule has 2 heterocycles. The second kappa shape index (κ2) is 3.53. The predicted octanol–water partition coefficient (Wildman–Crippen LogP) is 0.191. The molecule has 5 heteroatoms. The summed E-state index contributed by atoms with van der Waals surface area (Å²) in [6.07, 6.45) is 1.31. The van der Waals surface area contributed by atoms with Crippen molar-refractivity contribution in [3.8, 4) is 0 Å². The van der Waals surface area contributed by atoms with Crippen molar-refractivity contribution in [2.75, 3.05) is 13.2 Å². The first-order valence-electron chi connectivity index (χ1n) is 7.20. The second-order valence-corrected chi connectivity index (χ2v) is 7.02. The van der Waals surface area contributed by atoms with E-state index in [1.807, 2.05) is 13.0 Å². The fourth-order valence-electron chi connectivity index (χ4n) is 4.87. The van der Waals surface area contributed by atoms with Gasteiger partial charge in [0.15, 0.2) is 5.78 Å². The molecule has 4 rings (SSSR count). The first-order chi connectivity index (χ1) is 9.40. The van der Waals surface area contributed by atoms with Gasteiger partial charge in [0.1, 0.15) is 11.7 Å². The summed E-state index contributed by atoms with van der Waals surface area (Å²) in [6.45, 7) is 4.23. The fraction of sp³-hybridized carbons (Fsp3) is 0.800. The number of carbonyl (C=O) groups is 1. The average Bonchev–Trinajstić information content (AvgIpc) is 3.16. The van der Waals surface area contributed by atoms with Gasteiger partial charge in [-0.1, -0.05) is 6.92 Å². The maximum atomic E-state index is 12.2. The Kier molecular flexibility index (Phi) is 2.28. The number of ketones is 1. The van der Waals surface area contributed by atoms with E-state index >= 15 is 0 Å². The molecule has 110 valence electrons. The van der Waals surface area contributed by atoms with E-state index in [9.17, 15) is 15.0 Å². The van der Waals surface area contributed by atoms with Gasteiger partial charge in [-0.3, -0.25) is 4.79 Å². The fourth-order valence-corrected chi connectivity index (χ4v) is 4.87. The Hall–Kier alpha value is -0.750. The number of Topliss-reactive ketones (excluding diaryl/α,β-unsaturated/α-hetero) is 1. The lowest BCUT2D eigenvalue weighted by Crippen LogP contribution is -2.65. The highest BCUT2D eigenvalue weighted by Crippen LogP contribution is 2.70. The Morgan fingerprint density at radius 3 is 2.80 bits per heavy atom. The number of epoxide rings is 1. The summed E-state index contributed by atoms with van der Waals surface area (Å²) in [5.41, 5.74) is -0.961. The maximum Gasteiger partial charge on any atom is 0.159 e. The SMILES string of the molecule is CC1=C[C@H]2O[C@@H]3C(O)C[C@](C)([C@@]2(CO)CC1=O)[C@]31CO1. The first-order valence-corrected chi connectivity index (χ1v) is 7.20. The van der Waals surface area contributed by atoms with Crippen molar-refractivity contribution in [3.05, 3.63) is 11.6 Å². The van der Waals surface area contributed by atoms with Crippen molar-refractivity contribution in [3.63, 3.8) is 0 Å². The molecule has 1 unspecified atom stereocenters. The predicted molar refractivity (Wildman–Crippen MR) is 69.0 cm³/mol. The lowest BCUT2D eigenvalue weighted by molar-refractivity contribution is -0.215. The number of ether oxygens (including phenoxy) is 2. The van der Waals surface area contributed by atoms with Crippen LogP contribution in [0.5, 0.6) is 0 Å². The van der Waals surface area contributed by atoms with Crippen molar-refractivity contribution in [2.45, 2.75) is 50.6 Å². The minimum absolute atomic E-state index is 0.0516. The minimum atomic E-state index is -0.686. The number of rotatable bonds is 1. The van der Waals surface area contributed by atoms with E-state index in [1.54, 1.807) is 6.92 Å². The van der Waals surface area contributed by atoms with Crippen molar-refractivity contribution in [1.29, 1.82) is 0 Å². The van der Waals surface area contributed by atoms with Gasteiger partial charge < -0.3 is 19.7 Å². The topological polar surface area (TPSA) is 79.3 Å². The number of allylic oxidation sites excluding steroid dienone is 1. The molecular weight excluding hydrogens is 260 g/mol. The highest BCUT2D eigenvalue weighted by Gasteiger charge is 2.81. The third kappa shape index (κ3) is 1.14. The van der Waals surface area contributed by atoms with E-state index in [0.717, 1.165) is 0 Å². The summed E-state index contributed by atoms with van der Waals surface area (Å²) in [4.78, 5) is 12.2. The van der Waals surface area contributed by atoms with Crippen LogP contribution in [0.1, 0.15) is 26.7 Å². The second-order valence-electron chi connectivity index (χ2n) is 7.02. The average molecular weight is 280 g/mol. The Bertz CT molecular complexity index is 522. The van der Waals surface area contributed by atoms with Crippen LogP contribution in [0.25, 0.3) is 0 Å². The van der Waals surface area contributed by atoms with Crippen molar-refractivity contribution in [1.82, 2.24) is 0 Å². The van der Waals surface area contributed by atoms with Crippen LogP contribution in [0.2, 0.25) is 0 Å². The standard InChI is InChI=1S/C15H20O5/c1-8-3-11-14(6-16,5-9(8)17)13(2)4-10(18)12(20-11)15(13)7-19-15/h3,10-12,16,18H,4-7H2,1-2H3/t10?,11-,12-,13-,14-,15+/m1/s1. The molecule has 0 aromatic heterocycles. The molecule has 2 aliphatic heterocycles. The van der Waals surface area contributed by atoms with Gasteiger partial charge in [0.05, 0.1) is 25.4 Å². The normalized spacial score (nSPS) is 56.7. The molecule has 5 nitrogen and oxygen atoms in total. The smallest absolute Gasteiger partial charge is 0.159 e. The van der Waals surface area contributed by atoms with Crippen LogP contribution in [0.3, 0.4) is 0 Å². The quantitative estimate of drug-likeness (QED) is 0.670. The van der Waals surface area contributed by atoms with Crippen LogP contribution in [-0.4, -0.2) is 53.1 Å². The van der Waals surface area contributed by atoms with Crippen molar-refractivity contribution >= 4 is 5.78 Å². The monoisotopic (exact) mass is 280 g/mol. The summed E-state index contributed by atoms with van der Waals surface area (Å²) in [6, 6.07) is 0. The van der Waals surface area contributed by atoms with Gasteiger partial charge in [0.2, 0.25) is 0 Å². The highest BCUT2D eigenvalue weighted by atomic mass is 16.6. The number of hydrogen-bond acceptors (Lipinski definition) is 5. The lowest BCUT2D eigenvalue weighted by Gasteiger charge is -2.56. The van der Waals surface area contributed by atoms with E-state index in [0.29, 0.717) is 18.6 Å². The highest BCUT2D eigenvalue weighted by molar-refractivity contribution is 5.96. The molecule has 6 atom stereocenters. The van der Waals surface area contributed by atoms with Crippen molar-refractivity contribution in [2.24, 2.45) is 10.8 Å². The molecule has 0 aromatic carbocycles. The zero-order valence-electron chi connectivity index (χ0n) is 11.8. The molecule has 1 spiro atoms. The molecule has 20 heavy (non-hydrogen) atoms. The molecule has 0 amide bonds. The largest absolute Gasteiger partial charge is 0.396 e. The van der Waals surface area contributed by atoms with E-state index in [4.69, 9.17) is 9.47 Å². The Balaban J connectivity index is 1.90. The summed E-state index contributed by atoms with van der Waals surface area (Å²) >= 11 is 0. The summed E-state index contributed by atoms with van der Waals surface area (Å²) in [5, 5.41) is 20.5. The number of aliphatic hydroxyl groups is 2. The minimum Gasteiger partial charge on any atom is -0.396 e. The molecule has 4 aliphatic rings. The van der Waals surface area contributed by atoms with Gasteiger partial charge in [0.25, 0.3) is 0 Å². The van der Waals surface area contributed by atoms with Gasteiger partial charge in [-0.05, 0) is 25.0 Å². The molecule has 2 N–H and O–H groups in total. The Labute approximate surface area is 117 Å². The number of carbonyl (C=O) groups excluding carboxylic acids is 1. The molecule has 3 fully saturated rings. The summed E-state index contributed by atoms with van der Waals surface area (Å²) in [5.74, 6) is 0.0516. The van der Waals surface area contributed by atoms with Gasteiger partial charge in [-0.15, -0.1) is 0 Å². The van der Waals surface area contributed by atoms with Gasteiger partial charge in [0, 0.05) is 17.3 Å². The molecule has 2 saturated heterocycles. The number of aliphatic hydroxyl groups excluding tert-OH is 2. The van der Waals surface area contributed by atoms with Crippen LogP contribution >= 0.6 is 0 Å². The number of hydrogen-bond donors (Lipinski definition) is 2.